The zero-order valence-corrected chi connectivity index (χ0v) is 20.9. The molecule has 0 atom stereocenters. The van der Waals surface area contributed by atoms with Gasteiger partial charge in [-0.15, -0.1) is 0 Å². The molecule has 2 N–H and O–H groups in total. The van der Waals surface area contributed by atoms with Gasteiger partial charge in [0, 0.05) is 31.3 Å². The maximum atomic E-state index is 12.5. The topological polar surface area (TPSA) is 107 Å². The molecule has 3 aromatic rings. The molecule has 0 radical (unpaired) electrons. The van der Waals surface area contributed by atoms with Gasteiger partial charge in [0.25, 0.3) is 0 Å². The fourth-order valence-electron chi connectivity index (χ4n) is 3.85. The van der Waals surface area contributed by atoms with Crippen LogP contribution in [0.4, 0.5) is 11.4 Å². The van der Waals surface area contributed by atoms with E-state index in [2.05, 4.69) is 4.99 Å². The third kappa shape index (κ3) is 6.78. The minimum Gasteiger partial charge on any atom is -0.497 e. The molecule has 0 aliphatic carbocycles. The molecule has 37 heavy (non-hydrogen) atoms. The van der Waals surface area contributed by atoms with Crippen molar-refractivity contribution in [1.29, 1.82) is 0 Å². The summed E-state index contributed by atoms with van der Waals surface area (Å²) in [4.78, 5) is 32.6. The van der Waals surface area contributed by atoms with Crippen LogP contribution in [0.1, 0.15) is 18.4 Å². The Morgan fingerprint density at radius 2 is 1.70 bits per heavy atom. The molecule has 0 spiro atoms. The summed E-state index contributed by atoms with van der Waals surface area (Å²) >= 11 is 0. The second kappa shape index (κ2) is 11.9. The first-order valence-corrected chi connectivity index (χ1v) is 11.9. The number of fused-ring (bicyclic) bond motifs is 1. The van der Waals surface area contributed by atoms with E-state index in [1.165, 1.54) is 0 Å². The first kappa shape index (κ1) is 25.6. The van der Waals surface area contributed by atoms with Gasteiger partial charge in [-0.1, -0.05) is 18.2 Å². The summed E-state index contributed by atoms with van der Waals surface area (Å²) < 4.78 is 16.4. The van der Waals surface area contributed by atoms with Gasteiger partial charge in [-0.2, -0.15) is 0 Å². The first-order valence-electron chi connectivity index (χ1n) is 11.9. The Labute approximate surface area is 216 Å². The predicted molar refractivity (Wildman–Crippen MR) is 141 cm³/mol. The van der Waals surface area contributed by atoms with Gasteiger partial charge in [-0.05, 0) is 61.0 Å². The smallest absolute Gasteiger partial charge is 0.331 e. The van der Waals surface area contributed by atoms with Crippen LogP contribution in [-0.2, 0) is 16.1 Å². The third-order valence-electron chi connectivity index (χ3n) is 5.90. The number of rotatable bonds is 10. The van der Waals surface area contributed by atoms with Gasteiger partial charge < -0.3 is 29.7 Å². The lowest BCUT2D eigenvalue weighted by Crippen LogP contribution is -2.42. The van der Waals surface area contributed by atoms with E-state index in [-0.39, 0.29) is 18.4 Å². The van der Waals surface area contributed by atoms with Crippen LogP contribution in [-0.4, -0.2) is 50.0 Å². The Kier molecular flexibility index (Phi) is 8.25. The van der Waals surface area contributed by atoms with Crippen LogP contribution in [0.15, 0.2) is 77.8 Å². The Bertz CT molecular complexity index is 1260. The number of amides is 1. The average Bonchev–Trinajstić information content (AvgIpc) is 2.92. The SMILES string of the molecule is COc1ccc(OC(=O)CN2Cc3cc(OCCCC(=O)N(C)c4ccccc4)ccc3N=C2N)cc1. The molecule has 0 saturated carbocycles. The van der Waals surface area contributed by atoms with Gasteiger partial charge in [0.15, 0.2) is 5.96 Å². The highest BCUT2D eigenvalue weighted by Gasteiger charge is 2.21. The molecule has 0 bridgehead atoms. The van der Waals surface area contributed by atoms with Crippen molar-refractivity contribution in [2.75, 3.05) is 32.2 Å². The molecule has 0 saturated heterocycles. The molecule has 9 heteroatoms. The molecular weight excluding hydrogens is 472 g/mol. The highest BCUT2D eigenvalue weighted by Crippen LogP contribution is 2.29. The lowest BCUT2D eigenvalue weighted by atomic mass is 10.1. The van der Waals surface area contributed by atoms with Crippen molar-refractivity contribution in [1.82, 2.24) is 4.90 Å². The van der Waals surface area contributed by atoms with Crippen LogP contribution in [0, 0.1) is 0 Å². The molecule has 1 amide bonds. The summed E-state index contributed by atoms with van der Waals surface area (Å²) in [5, 5.41) is 0. The minimum atomic E-state index is -0.454. The first-order chi connectivity index (χ1) is 17.9. The number of carbonyl (C=O) groups excluding carboxylic acids is 2. The van der Waals surface area contributed by atoms with Gasteiger partial charge >= 0.3 is 5.97 Å². The van der Waals surface area contributed by atoms with E-state index >= 15 is 0 Å². The number of para-hydroxylation sites is 1. The van der Waals surface area contributed by atoms with E-state index in [9.17, 15) is 9.59 Å². The van der Waals surface area contributed by atoms with E-state index < -0.39 is 5.97 Å². The van der Waals surface area contributed by atoms with Crippen LogP contribution in [0.2, 0.25) is 0 Å². The fraction of sp³-hybridized carbons (Fsp3) is 0.250. The molecule has 0 aromatic heterocycles. The number of methoxy groups -OCH3 is 1. The zero-order valence-electron chi connectivity index (χ0n) is 20.9. The van der Waals surface area contributed by atoms with Crippen molar-refractivity contribution in [3.05, 3.63) is 78.4 Å². The van der Waals surface area contributed by atoms with Crippen LogP contribution in [0.25, 0.3) is 0 Å². The molecule has 1 aliphatic rings. The molecule has 9 nitrogen and oxygen atoms in total. The molecule has 1 heterocycles. The summed E-state index contributed by atoms with van der Waals surface area (Å²) in [6.07, 6.45) is 0.961. The number of hydrogen-bond acceptors (Lipinski definition) is 8. The van der Waals surface area contributed by atoms with Crippen LogP contribution < -0.4 is 24.8 Å². The highest BCUT2D eigenvalue weighted by molar-refractivity contribution is 5.92. The molecular formula is C28H30N4O5. The van der Waals surface area contributed by atoms with Crippen LogP contribution >= 0.6 is 0 Å². The monoisotopic (exact) mass is 502 g/mol. The minimum absolute atomic E-state index is 0.0298. The van der Waals surface area contributed by atoms with E-state index in [0.29, 0.717) is 43.2 Å². The molecule has 4 rings (SSSR count). The van der Waals surface area contributed by atoms with E-state index in [0.717, 1.165) is 16.9 Å². The van der Waals surface area contributed by atoms with Gasteiger partial charge in [-0.25, -0.2) is 9.79 Å². The van der Waals surface area contributed by atoms with Crippen molar-refractivity contribution >= 4 is 29.2 Å². The van der Waals surface area contributed by atoms with Gasteiger partial charge in [0.05, 0.1) is 19.4 Å². The molecule has 0 unspecified atom stereocenters. The molecule has 192 valence electrons. The van der Waals surface area contributed by atoms with Crippen molar-refractivity contribution in [2.24, 2.45) is 10.7 Å². The summed E-state index contributed by atoms with van der Waals surface area (Å²) in [5.74, 6) is 1.58. The van der Waals surface area contributed by atoms with Gasteiger partial charge in [-0.3, -0.25) is 4.79 Å². The highest BCUT2D eigenvalue weighted by atomic mass is 16.5. The quantitative estimate of drug-likeness (QED) is 0.255. The number of hydrogen-bond donors (Lipinski definition) is 1. The average molecular weight is 503 g/mol. The number of carbonyl (C=O) groups is 2. The number of nitrogens with two attached hydrogens (primary N) is 1. The van der Waals surface area contributed by atoms with Crippen molar-refractivity contribution in [3.8, 4) is 17.2 Å². The van der Waals surface area contributed by atoms with Gasteiger partial charge in [0.1, 0.15) is 23.8 Å². The second-order valence-electron chi connectivity index (χ2n) is 8.51. The number of guanidine groups is 1. The largest absolute Gasteiger partial charge is 0.497 e. The number of ether oxygens (including phenoxy) is 3. The van der Waals surface area contributed by atoms with E-state index in [1.54, 1.807) is 48.2 Å². The summed E-state index contributed by atoms with van der Waals surface area (Å²) in [5.41, 5.74) is 8.56. The molecule has 3 aromatic carbocycles. The number of esters is 1. The van der Waals surface area contributed by atoms with Crippen LogP contribution in [0.5, 0.6) is 17.2 Å². The summed E-state index contributed by atoms with van der Waals surface area (Å²) in [7, 11) is 3.34. The normalized spacial score (nSPS) is 12.3. The Hall–Kier alpha value is -4.53. The Morgan fingerprint density at radius 1 is 1.00 bits per heavy atom. The lowest BCUT2D eigenvalue weighted by molar-refractivity contribution is -0.134. The fourth-order valence-corrected chi connectivity index (χ4v) is 3.85. The predicted octanol–water partition coefficient (Wildman–Crippen LogP) is 3.88. The standard InChI is InChI=1S/C28H30N4O5/c1-31(21-7-4-3-5-8-21)26(33)9-6-16-36-24-14-15-25-20(17-24)18-32(28(29)30-25)19-27(34)37-23-12-10-22(35-2)11-13-23/h3-5,7-8,10-15,17H,6,9,16,18-19H2,1-2H3,(H2,29,30). The number of anilines is 1. The van der Waals surface area contributed by atoms with Crippen molar-refractivity contribution in [2.45, 2.75) is 19.4 Å². The van der Waals surface area contributed by atoms with Crippen molar-refractivity contribution < 1.29 is 23.8 Å². The van der Waals surface area contributed by atoms with Crippen molar-refractivity contribution in [3.63, 3.8) is 0 Å². The number of benzene rings is 3. The summed E-state index contributed by atoms with van der Waals surface area (Å²) in [6.45, 7) is 0.735. The third-order valence-corrected chi connectivity index (χ3v) is 5.90. The van der Waals surface area contributed by atoms with E-state index in [4.69, 9.17) is 19.9 Å². The lowest BCUT2D eigenvalue weighted by Gasteiger charge is -2.27. The van der Waals surface area contributed by atoms with Crippen LogP contribution in [0.3, 0.4) is 0 Å². The van der Waals surface area contributed by atoms with Gasteiger partial charge in [0.2, 0.25) is 5.91 Å². The maximum absolute atomic E-state index is 12.5. The maximum Gasteiger partial charge on any atom is 0.331 e. The molecule has 1 aliphatic heterocycles. The zero-order chi connectivity index (χ0) is 26.2. The summed E-state index contributed by atoms with van der Waals surface area (Å²) in [6, 6.07) is 21.8. The Balaban J connectivity index is 1.27. The second-order valence-corrected chi connectivity index (χ2v) is 8.51. The van der Waals surface area contributed by atoms with E-state index in [1.807, 2.05) is 48.5 Å². The molecule has 0 fully saturated rings. The number of aliphatic imine (C=N–C) groups is 1. The number of nitrogens with zero attached hydrogens (tertiary/aromatic N) is 3. The Morgan fingerprint density at radius 3 is 2.43 bits per heavy atom.